The zero-order valence-electron chi connectivity index (χ0n) is 15.0. The summed E-state index contributed by atoms with van der Waals surface area (Å²) in [5.74, 6) is 2.36. The molecular weight excluding hydrogens is 316 g/mol. The minimum atomic E-state index is 0.193. The molecule has 5 heteroatoms. The number of carbonyl (C=O) groups is 1. The highest BCUT2D eigenvalue weighted by molar-refractivity contribution is 5.79. The number of amides is 1. The van der Waals surface area contributed by atoms with E-state index >= 15 is 0 Å². The summed E-state index contributed by atoms with van der Waals surface area (Å²) in [6.07, 6.45) is 3.41. The minimum Gasteiger partial charge on any atom is -0.497 e. The zero-order chi connectivity index (χ0) is 17.2. The lowest BCUT2D eigenvalue weighted by atomic mass is 10.1. The molecule has 0 radical (unpaired) electrons. The Morgan fingerprint density at radius 2 is 2.16 bits per heavy atom. The minimum absolute atomic E-state index is 0.193. The van der Waals surface area contributed by atoms with Crippen LogP contribution in [0.2, 0.25) is 0 Å². The summed E-state index contributed by atoms with van der Waals surface area (Å²) < 4.78 is 11.3. The molecule has 3 fully saturated rings. The van der Waals surface area contributed by atoms with Gasteiger partial charge in [-0.25, -0.2) is 0 Å². The second kappa shape index (κ2) is 7.34. The van der Waals surface area contributed by atoms with Gasteiger partial charge >= 0.3 is 0 Å². The maximum Gasteiger partial charge on any atom is 0.227 e. The molecule has 2 saturated heterocycles. The van der Waals surface area contributed by atoms with Crippen molar-refractivity contribution in [3.05, 3.63) is 29.8 Å². The monoisotopic (exact) mass is 344 g/mol. The first kappa shape index (κ1) is 16.9. The van der Waals surface area contributed by atoms with Crippen molar-refractivity contribution in [2.24, 2.45) is 11.8 Å². The first-order valence-electron chi connectivity index (χ1n) is 9.46. The van der Waals surface area contributed by atoms with Gasteiger partial charge in [0.05, 0.1) is 26.2 Å². The second-order valence-electron chi connectivity index (χ2n) is 7.70. The fraction of sp³-hybridized carbons (Fsp3) is 0.650. The van der Waals surface area contributed by atoms with Gasteiger partial charge in [-0.15, -0.1) is 0 Å². The molecule has 0 aromatic heterocycles. The van der Waals surface area contributed by atoms with Crippen LogP contribution in [0.4, 0.5) is 0 Å². The quantitative estimate of drug-likeness (QED) is 0.817. The van der Waals surface area contributed by atoms with Crippen molar-refractivity contribution in [1.82, 2.24) is 9.80 Å². The molecule has 1 saturated carbocycles. The van der Waals surface area contributed by atoms with Gasteiger partial charge in [-0.3, -0.25) is 4.79 Å². The van der Waals surface area contributed by atoms with Crippen molar-refractivity contribution >= 4 is 5.91 Å². The van der Waals surface area contributed by atoms with Gasteiger partial charge in [0.1, 0.15) is 5.75 Å². The van der Waals surface area contributed by atoms with Gasteiger partial charge < -0.3 is 19.3 Å². The number of ether oxygens (including phenoxy) is 2. The average Bonchev–Trinajstić information content (AvgIpc) is 3.38. The van der Waals surface area contributed by atoms with Crippen LogP contribution in [0.25, 0.3) is 0 Å². The van der Waals surface area contributed by atoms with E-state index in [1.54, 1.807) is 7.11 Å². The van der Waals surface area contributed by atoms with Crippen LogP contribution in [-0.4, -0.2) is 68.3 Å². The van der Waals surface area contributed by atoms with Crippen molar-refractivity contribution in [3.63, 3.8) is 0 Å². The Kier molecular flexibility index (Phi) is 4.95. The van der Waals surface area contributed by atoms with E-state index in [0.717, 1.165) is 50.0 Å². The fourth-order valence-electron chi connectivity index (χ4n) is 4.07. The third kappa shape index (κ3) is 4.15. The number of benzene rings is 1. The second-order valence-corrected chi connectivity index (χ2v) is 7.70. The van der Waals surface area contributed by atoms with Gasteiger partial charge in [-0.1, -0.05) is 12.1 Å². The number of fused-ring (bicyclic) bond motifs is 1. The Morgan fingerprint density at radius 3 is 2.96 bits per heavy atom. The van der Waals surface area contributed by atoms with E-state index in [1.807, 2.05) is 29.2 Å². The summed E-state index contributed by atoms with van der Waals surface area (Å²) in [6.45, 7) is 5.70. The molecule has 0 spiro atoms. The first-order chi connectivity index (χ1) is 12.2. The van der Waals surface area contributed by atoms with Gasteiger partial charge in [0, 0.05) is 38.6 Å². The van der Waals surface area contributed by atoms with Crippen LogP contribution < -0.4 is 4.74 Å². The van der Waals surface area contributed by atoms with Crippen LogP contribution in [0.1, 0.15) is 18.4 Å². The van der Waals surface area contributed by atoms with Crippen LogP contribution in [-0.2, 0) is 16.0 Å². The van der Waals surface area contributed by atoms with Crippen LogP contribution in [0, 0.1) is 11.8 Å². The van der Waals surface area contributed by atoms with E-state index in [-0.39, 0.29) is 12.0 Å². The highest BCUT2D eigenvalue weighted by Gasteiger charge is 2.39. The number of likely N-dealkylation sites (tertiary alicyclic amines) is 1. The van der Waals surface area contributed by atoms with Crippen molar-refractivity contribution < 1.29 is 14.3 Å². The molecule has 0 unspecified atom stereocenters. The van der Waals surface area contributed by atoms with Gasteiger partial charge in [0.25, 0.3) is 0 Å². The van der Waals surface area contributed by atoms with E-state index in [4.69, 9.17) is 9.47 Å². The summed E-state index contributed by atoms with van der Waals surface area (Å²) in [7, 11) is 1.65. The third-order valence-corrected chi connectivity index (χ3v) is 5.67. The number of hydrogen-bond acceptors (Lipinski definition) is 4. The van der Waals surface area contributed by atoms with E-state index in [0.29, 0.717) is 12.3 Å². The van der Waals surface area contributed by atoms with Crippen LogP contribution in [0.15, 0.2) is 24.3 Å². The lowest BCUT2D eigenvalue weighted by Gasteiger charge is -2.23. The summed E-state index contributed by atoms with van der Waals surface area (Å²) >= 11 is 0. The van der Waals surface area contributed by atoms with E-state index in [9.17, 15) is 4.79 Å². The molecule has 1 aromatic carbocycles. The Morgan fingerprint density at radius 1 is 1.28 bits per heavy atom. The maximum atomic E-state index is 12.7. The molecule has 3 aliphatic rings. The predicted octanol–water partition coefficient (Wildman–Crippen LogP) is 1.81. The smallest absolute Gasteiger partial charge is 0.227 e. The molecule has 0 bridgehead atoms. The Balaban J connectivity index is 1.35. The zero-order valence-corrected chi connectivity index (χ0v) is 15.0. The fourth-order valence-corrected chi connectivity index (χ4v) is 4.07. The molecule has 25 heavy (non-hydrogen) atoms. The van der Waals surface area contributed by atoms with E-state index < -0.39 is 0 Å². The standard InChI is InChI=1S/C20H28N2O3/c1-24-18-4-2-3-16(9-18)10-20(23)22-13-17-12-21(11-15-5-6-15)7-8-25-19(17)14-22/h2-4,9,15,17,19H,5-8,10-14H2,1H3/t17-,19+/m0/s1. The summed E-state index contributed by atoms with van der Waals surface area (Å²) in [5.41, 5.74) is 1.01. The van der Waals surface area contributed by atoms with Gasteiger partial charge in [-0.2, -0.15) is 0 Å². The number of methoxy groups -OCH3 is 1. The highest BCUT2D eigenvalue weighted by Crippen LogP contribution is 2.31. The number of nitrogens with zero attached hydrogens (tertiary/aromatic N) is 2. The molecule has 2 aliphatic heterocycles. The SMILES string of the molecule is COc1cccc(CC(=O)N2C[C@@H]3CN(CC4CC4)CCO[C@@H]3C2)c1. The Labute approximate surface area is 149 Å². The highest BCUT2D eigenvalue weighted by atomic mass is 16.5. The van der Waals surface area contributed by atoms with Crippen molar-refractivity contribution in [1.29, 1.82) is 0 Å². The molecule has 1 amide bonds. The summed E-state index contributed by atoms with van der Waals surface area (Å²) in [5, 5.41) is 0. The molecule has 2 heterocycles. The molecule has 1 aromatic rings. The number of carbonyl (C=O) groups excluding carboxylic acids is 1. The largest absolute Gasteiger partial charge is 0.497 e. The Bertz CT molecular complexity index is 617. The van der Waals surface area contributed by atoms with Crippen molar-refractivity contribution in [2.45, 2.75) is 25.4 Å². The molecule has 136 valence electrons. The molecule has 0 N–H and O–H groups in total. The summed E-state index contributed by atoms with van der Waals surface area (Å²) in [6, 6.07) is 7.78. The number of rotatable bonds is 5. The lowest BCUT2D eigenvalue weighted by Crippen LogP contribution is -2.35. The van der Waals surface area contributed by atoms with Crippen LogP contribution >= 0.6 is 0 Å². The van der Waals surface area contributed by atoms with Gasteiger partial charge in [0.15, 0.2) is 0 Å². The normalized spacial score (nSPS) is 27.0. The van der Waals surface area contributed by atoms with Crippen LogP contribution in [0.3, 0.4) is 0 Å². The molecule has 5 nitrogen and oxygen atoms in total. The third-order valence-electron chi connectivity index (χ3n) is 5.67. The topological polar surface area (TPSA) is 42.0 Å². The van der Waals surface area contributed by atoms with Crippen molar-refractivity contribution in [3.8, 4) is 5.75 Å². The lowest BCUT2D eigenvalue weighted by molar-refractivity contribution is -0.130. The van der Waals surface area contributed by atoms with Gasteiger partial charge in [0.2, 0.25) is 5.91 Å². The molecule has 4 rings (SSSR count). The summed E-state index contributed by atoms with van der Waals surface area (Å²) in [4.78, 5) is 17.3. The predicted molar refractivity (Wildman–Crippen MR) is 95.7 cm³/mol. The Hall–Kier alpha value is -1.59. The first-order valence-corrected chi connectivity index (χ1v) is 9.46. The van der Waals surface area contributed by atoms with Crippen molar-refractivity contribution in [2.75, 3.05) is 46.4 Å². The maximum absolute atomic E-state index is 12.7. The number of hydrogen-bond donors (Lipinski definition) is 0. The van der Waals surface area contributed by atoms with Gasteiger partial charge in [-0.05, 0) is 36.5 Å². The average molecular weight is 344 g/mol. The van der Waals surface area contributed by atoms with E-state index in [2.05, 4.69) is 4.90 Å². The molecular formula is C20H28N2O3. The van der Waals surface area contributed by atoms with Crippen LogP contribution in [0.5, 0.6) is 5.75 Å². The van der Waals surface area contributed by atoms with E-state index in [1.165, 1.54) is 19.4 Å². The molecule has 1 aliphatic carbocycles. The molecule has 2 atom stereocenters.